The lowest BCUT2D eigenvalue weighted by Crippen LogP contribution is -2.11. The first-order chi connectivity index (χ1) is 12.1. The molecule has 1 N–H and O–H groups in total. The lowest BCUT2D eigenvalue weighted by atomic mass is 10.2. The summed E-state index contributed by atoms with van der Waals surface area (Å²) in [6.07, 6.45) is 2.24. The van der Waals surface area contributed by atoms with Gasteiger partial charge in [0, 0.05) is 16.4 Å². The molecule has 0 saturated heterocycles. The molecule has 0 atom stereocenters. The van der Waals surface area contributed by atoms with Crippen molar-refractivity contribution in [3.8, 4) is 16.5 Å². The van der Waals surface area contributed by atoms with E-state index in [1.54, 1.807) is 31.4 Å². The van der Waals surface area contributed by atoms with Crippen LogP contribution in [0.5, 0.6) is 5.75 Å². The molecule has 1 saturated carbocycles. The lowest BCUT2D eigenvalue weighted by molar-refractivity contribution is 0.102. The number of ether oxygens (including phenoxy) is 1. The number of anilines is 1. The monoisotopic (exact) mass is 355 g/mol. The third-order valence-electron chi connectivity index (χ3n) is 4.11. The maximum Gasteiger partial charge on any atom is 0.255 e. The van der Waals surface area contributed by atoms with E-state index in [1.165, 1.54) is 11.3 Å². The van der Waals surface area contributed by atoms with E-state index in [4.69, 9.17) is 9.26 Å². The summed E-state index contributed by atoms with van der Waals surface area (Å²) in [7, 11) is 1.60. The lowest BCUT2D eigenvalue weighted by Gasteiger charge is -2.05. The molecule has 1 aliphatic carbocycles. The Morgan fingerprint density at radius 1 is 1.32 bits per heavy atom. The Balaban J connectivity index is 1.51. The molecule has 2 heterocycles. The molecule has 1 fully saturated rings. The van der Waals surface area contributed by atoms with Gasteiger partial charge >= 0.3 is 0 Å². The molecule has 0 radical (unpaired) electrons. The summed E-state index contributed by atoms with van der Waals surface area (Å²) in [6, 6.07) is 8.89. The van der Waals surface area contributed by atoms with E-state index < -0.39 is 0 Å². The highest BCUT2D eigenvalue weighted by Gasteiger charge is 2.30. The molecule has 7 heteroatoms. The van der Waals surface area contributed by atoms with Crippen LogP contribution in [0, 0.1) is 6.92 Å². The van der Waals surface area contributed by atoms with Crippen LogP contribution < -0.4 is 10.1 Å². The number of nitrogens with one attached hydrogen (secondary N) is 1. The average molecular weight is 355 g/mol. The fraction of sp³-hybridized carbons (Fsp3) is 0.278. The minimum atomic E-state index is -0.165. The largest absolute Gasteiger partial charge is 0.497 e. The number of aromatic nitrogens is 2. The van der Waals surface area contributed by atoms with Gasteiger partial charge in [-0.2, -0.15) is 4.98 Å². The predicted octanol–water partition coefficient (Wildman–Crippen LogP) is 4.24. The minimum Gasteiger partial charge on any atom is -0.497 e. The van der Waals surface area contributed by atoms with Gasteiger partial charge in [0.2, 0.25) is 11.7 Å². The first-order valence-corrected chi connectivity index (χ1v) is 8.85. The van der Waals surface area contributed by atoms with Crippen LogP contribution in [-0.4, -0.2) is 23.2 Å². The van der Waals surface area contributed by atoms with Crippen LogP contribution in [0.1, 0.15) is 39.9 Å². The number of hydrogen-bond acceptors (Lipinski definition) is 6. The molecule has 0 spiro atoms. The van der Waals surface area contributed by atoms with Crippen LogP contribution >= 0.6 is 11.3 Å². The van der Waals surface area contributed by atoms with Gasteiger partial charge in [-0.3, -0.25) is 4.79 Å². The van der Waals surface area contributed by atoms with Crippen LogP contribution in [0.2, 0.25) is 0 Å². The summed E-state index contributed by atoms with van der Waals surface area (Å²) >= 11 is 1.54. The number of methoxy groups -OCH3 is 1. The smallest absolute Gasteiger partial charge is 0.255 e. The van der Waals surface area contributed by atoms with Crippen LogP contribution in [0.25, 0.3) is 10.7 Å². The Labute approximate surface area is 148 Å². The zero-order chi connectivity index (χ0) is 17.4. The maximum atomic E-state index is 12.4. The van der Waals surface area contributed by atoms with Gasteiger partial charge in [0.15, 0.2) is 0 Å². The molecule has 25 heavy (non-hydrogen) atoms. The van der Waals surface area contributed by atoms with Gasteiger partial charge in [-0.15, -0.1) is 11.3 Å². The van der Waals surface area contributed by atoms with Crippen LogP contribution in [-0.2, 0) is 0 Å². The van der Waals surface area contributed by atoms with E-state index in [0.29, 0.717) is 28.9 Å². The quantitative estimate of drug-likeness (QED) is 0.740. The summed E-state index contributed by atoms with van der Waals surface area (Å²) in [5, 5.41) is 7.00. The van der Waals surface area contributed by atoms with Gasteiger partial charge in [-0.25, -0.2) is 0 Å². The number of carbonyl (C=O) groups excluding carboxylic acids is 1. The number of rotatable bonds is 5. The molecule has 3 aromatic rings. The standard InChI is InChI=1S/C18H17N3O3S/c1-10-14(19-17(22)11-5-7-13(23-2)8-6-11)9-15(25-10)16-20-18(24-21-16)12-3-4-12/h5-9,12H,3-4H2,1-2H3,(H,19,22). The Morgan fingerprint density at radius 3 is 2.76 bits per heavy atom. The molecule has 1 aromatic carbocycles. The molecule has 128 valence electrons. The summed E-state index contributed by atoms with van der Waals surface area (Å²) < 4.78 is 10.4. The molecule has 0 bridgehead atoms. The van der Waals surface area contributed by atoms with Gasteiger partial charge in [-0.05, 0) is 50.1 Å². The van der Waals surface area contributed by atoms with Crippen molar-refractivity contribution in [1.29, 1.82) is 0 Å². The molecule has 1 aliphatic rings. The summed E-state index contributed by atoms with van der Waals surface area (Å²) in [4.78, 5) is 18.8. The normalized spacial score (nSPS) is 13.7. The first kappa shape index (κ1) is 15.8. The van der Waals surface area contributed by atoms with E-state index in [9.17, 15) is 4.79 Å². The maximum absolute atomic E-state index is 12.4. The van der Waals surface area contributed by atoms with Crippen LogP contribution in [0.15, 0.2) is 34.9 Å². The van der Waals surface area contributed by atoms with Crippen molar-refractivity contribution < 1.29 is 14.1 Å². The number of benzene rings is 1. The van der Waals surface area contributed by atoms with E-state index >= 15 is 0 Å². The molecule has 0 aliphatic heterocycles. The number of hydrogen-bond donors (Lipinski definition) is 1. The van der Waals surface area contributed by atoms with Gasteiger partial charge in [0.05, 0.1) is 17.7 Å². The highest BCUT2D eigenvalue weighted by molar-refractivity contribution is 7.16. The zero-order valence-electron chi connectivity index (χ0n) is 13.9. The molecule has 4 rings (SSSR count). The fourth-order valence-corrected chi connectivity index (χ4v) is 3.39. The number of nitrogens with zero attached hydrogens (tertiary/aromatic N) is 2. The molecule has 2 aromatic heterocycles. The van der Waals surface area contributed by atoms with Crippen molar-refractivity contribution in [3.63, 3.8) is 0 Å². The molecule has 6 nitrogen and oxygen atoms in total. The van der Waals surface area contributed by atoms with Crippen LogP contribution in [0.4, 0.5) is 5.69 Å². The van der Waals surface area contributed by atoms with Gasteiger partial charge < -0.3 is 14.6 Å². The van der Waals surface area contributed by atoms with Crippen molar-refractivity contribution in [2.75, 3.05) is 12.4 Å². The fourth-order valence-electron chi connectivity index (χ4n) is 2.48. The SMILES string of the molecule is COc1ccc(C(=O)Nc2cc(-c3noc(C4CC4)n3)sc2C)cc1. The Bertz CT molecular complexity index is 910. The summed E-state index contributed by atoms with van der Waals surface area (Å²) in [5.41, 5.74) is 1.34. The highest BCUT2D eigenvalue weighted by Crippen LogP contribution is 2.40. The first-order valence-electron chi connectivity index (χ1n) is 8.04. The third-order valence-corrected chi connectivity index (χ3v) is 5.15. The minimum absolute atomic E-state index is 0.165. The second kappa shape index (κ2) is 6.33. The third kappa shape index (κ3) is 3.28. The van der Waals surface area contributed by atoms with E-state index in [-0.39, 0.29) is 5.91 Å². The van der Waals surface area contributed by atoms with Crippen molar-refractivity contribution >= 4 is 22.9 Å². The highest BCUT2D eigenvalue weighted by atomic mass is 32.1. The number of aryl methyl sites for hydroxylation is 1. The van der Waals surface area contributed by atoms with Gasteiger partial charge in [0.25, 0.3) is 5.91 Å². The van der Waals surface area contributed by atoms with Crippen molar-refractivity contribution in [3.05, 3.63) is 46.7 Å². The topological polar surface area (TPSA) is 77.2 Å². The van der Waals surface area contributed by atoms with Gasteiger partial charge in [0.1, 0.15) is 5.75 Å². The van der Waals surface area contributed by atoms with E-state index in [2.05, 4.69) is 15.5 Å². The average Bonchev–Trinajstić information content (AvgIpc) is 3.25. The molecular weight excluding hydrogens is 338 g/mol. The summed E-state index contributed by atoms with van der Waals surface area (Å²) in [5.74, 6) is 2.28. The second-order valence-electron chi connectivity index (χ2n) is 5.99. The Morgan fingerprint density at radius 2 is 2.08 bits per heavy atom. The predicted molar refractivity (Wildman–Crippen MR) is 95.3 cm³/mol. The molecule has 0 unspecified atom stereocenters. The number of carbonyl (C=O) groups is 1. The second-order valence-corrected chi connectivity index (χ2v) is 7.25. The Kier molecular flexibility index (Phi) is 4.01. The number of thiophene rings is 1. The van der Waals surface area contributed by atoms with E-state index in [1.807, 2.05) is 13.0 Å². The van der Waals surface area contributed by atoms with Crippen molar-refractivity contribution in [1.82, 2.24) is 10.1 Å². The Hall–Kier alpha value is -2.67. The molecule has 1 amide bonds. The van der Waals surface area contributed by atoms with Gasteiger partial charge in [-0.1, -0.05) is 5.16 Å². The van der Waals surface area contributed by atoms with Crippen molar-refractivity contribution in [2.24, 2.45) is 0 Å². The summed E-state index contributed by atoms with van der Waals surface area (Å²) in [6.45, 7) is 1.96. The van der Waals surface area contributed by atoms with Crippen LogP contribution in [0.3, 0.4) is 0 Å². The van der Waals surface area contributed by atoms with Crippen molar-refractivity contribution in [2.45, 2.75) is 25.7 Å². The van der Waals surface area contributed by atoms with E-state index in [0.717, 1.165) is 28.3 Å². The molecular formula is C18H17N3O3S. The number of amides is 1. The zero-order valence-corrected chi connectivity index (χ0v) is 14.7.